The average Bonchev–Trinajstić information content (AvgIpc) is 2.85. The molecule has 0 aliphatic carbocycles. The summed E-state index contributed by atoms with van der Waals surface area (Å²) in [4.78, 5) is 35.3. The van der Waals surface area contributed by atoms with Crippen LogP contribution >= 0.6 is 0 Å². The molecule has 1 heterocycles. The average molecular weight is 543 g/mol. The van der Waals surface area contributed by atoms with Gasteiger partial charge in [0, 0.05) is 24.0 Å². The number of ketones is 1. The molecule has 1 aliphatic heterocycles. The standard InChI is InChI=1S/C32H46O7/c1-20(15-22(3)11-13-28-24(5)12-14-30(36)39-28)9-8-10-21(2)17-27(19-33)32(38)26(7)31(37)25(6)16-23(4)18-29(34)35/h8,10-15,17-18,20,24-28,31,33,37H,9,16,19H2,1-7H3,(H,34,35)/b10-8+,13-11+,21-17+,22-15-,23-18+/t20-,24-,25+,26+,27-,28+,31+/m0/s1. The molecule has 0 unspecified atom stereocenters. The largest absolute Gasteiger partial charge is 0.478 e. The number of carboxylic acid groups (broad SMARTS) is 1. The number of Topliss-reactive ketones (excluding diaryl/α,β-unsaturated/α-hetero) is 1. The molecule has 0 aromatic heterocycles. The minimum absolute atomic E-state index is 0.135. The van der Waals surface area contributed by atoms with Gasteiger partial charge in [0.05, 0.1) is 18.6 Å². The van der Waals surface area contributed by atoms with E-state index in [2.05, 4.69) is 13.0 Å². The molecule has 0 amide bonds. The Bertz CT molecular complexity index is 1030. The van der Waals surface area contributed by atoms with Crippen LogP contribution in [0.5, 0.6) is 0 Å². The first kappa shape index (κ1) is 34.0. The van der Waals surface area contributed by atoms with Crippen molar-refractivity contribution >= 4 is 17.7 Å². The van der Waals surface area contributed by atoms with Crippen molar-refractivity contribution in [3.63, 3.8) is 0 Å². The highest BCUT2D eigenvalue weighted by atomic mass is 16.5. The monoisotopic (exact) mass is 542 g/mol. The van der Waals surface area contributed by atoms with Crippen LogP contribution in [0.2, 0.25) is 0 Å². The third-order valence-corrected chi connectivity index (χ3v) is 6.88. The van der Waals surface area contributed by atoms with Gasteiger partial charge < -0.3 is 20.1 Å². The van der Waals surface area contributed by atoms with Gasteiger partial charge in [0.25, 0.3) is 0 Å². The minimum Gasteiger partial charge on any atom is -0.478 e. The first-order valence-corrected chi connectivity index (χ1v) is 13.6. The molecule has 0 bridgehead atoms. The second-order valence-electron chi connectivity index (χ2n) is 10.9. The molecule has 1 rings (SSSR count). The maximum absolute atomic E-state index is 13.0. The van der Waals surface area contributed by atoms with E-state index in [0.29, 0.717) is 12.0 Å². The number of aliphatic hydroxyl groups is 2. The van der Waals surface area contributed by atoms with Gasteiger partial charge in [-0.3, -0.25) is 4.79 Å². The van der Waals surface area contributed by atoms with Gasteiger partial charge in [0.1, 0.15) is 11.9 Å². The SMILES string of the molecule is CC(=C/[C@@H](C)C/C=C/C(C)=C/[C@@H](CO)C(=O)[C@H](C)[C@H](O)[C@H](C)C/C(C)=C/C(=O)O)/C=C/[C@H]1OC(=O)C=C[C@@H]1C. The van der Waals surface area contributed by atoms with Crippen molar-refractivity contribution in [3.8, 4) is 0 Å². The lowest BCUT2D eigenvalue weighted by Gasteiger charge is -2.26. The number of aliphatic hydroxyl groups excluding tert-OH is 2. The molecule has 3 N–H and O–H groups in total. The second-order valence-corrected chi connectivity index (χ2v) is 10.9. The maximum Gasteiger partial charge on any atom is 0.331 e. The molecule has 0 aromatic carbocycles. The van der Waals surface area contributed by atoms with Crippen LogP contribution in [0.3, 0.4) is 0 Å². The third kappa shape index (κ3) is 12.6. The number of cyclic esters (lactones) is 1. The molecule has 7 heteroatoms. The van der Waals surface area contributed by atoms with E-state index in [9.17, 15) is 24.6 Å². The van der Waals surface area contributed by atoms with Crippen molar-refractivity contribution in [3.05, 3.63) is 71.4 Å². The van der Waals surface area contributed by atoms with Gasteiger partial charge in [-0.1, -0.05) is 80.9 Å². The third-order valence-electron chi connectivity index (χ3n) is 6.88. The number of carbonyl (C=O) groups is 3. The Morgan fingerprint density at radius 2 is 1.72 bits per heavy atom. The Hall–Kier alpha value is -3.03. The number of ether oxygens (including phenoxy) is 1. The molecule has 0 saturated heterocycles. The zero-order valence-corrected chi connectivity index (χ0v) is 24.3. The normalized spacial score (nSPS) is 23.0. The van der Waals surface area contributed by atoms with Crippen LogP contribution < -0.4 is 0 Å². The lowest BCUT2D eigenvalue weighted by Crippen LogP contribution is -2.35. The van der Waals surface area contributed by atoms with Gasteiger partial charge in [-0.2, -0.15) is 0 Å². The highest BCUT2D eigenvalue weighted by Gasteiger charge is 2.30. The zero-order valence-electron chi connectivity index (χ0n) is 24.3. The van der Waals surface area contributed by atoms with Gasteiger partial charge in [0.2, 0.25) is 0 Å². The van der Waals surface area contributed by atoms with E-state index in [1.807, 2.05) is 51.2 Å². The summed E-state index contributed by atoms with van der Waals surface area (Å²) in [6, 6.07) is 0. The highest BCUT2D eigenvalue weighted by molar-refractivity contribution is 5.85. The van der Waals surface area contributed by atoms with Crippen molar-refractivity contribution in [1.29, 1.82) is 0 Å². The summed E-state index contributed by atoms with van der Waals surface area (Å²) in [6.07, 6.45) is 16.0. The summed E-state index contributed by atoms with van der Waals surface area (Å²) in [6.45, 7) is 12.7. The molecule has 0 aromatic rings. The molecule has 0 fully saturated rings. The van der Waals surface area contributed by atoms with Crippen LogP contribution in [0.25, 0.3) is 0 Å². The van der Waals surface area contributed by atoms with E-state index < -0.39 is 23.9 Å². The van der Waals surface area contributed by atoms with Crippen molar-refractivity contribution in [2.75, 3.05) is 6.61 Å². The van der Waals surface area contributed by atoms with E-state index >= 15 is 0 Å². The van der Waals surface area contributed by atoms with Crippen LogP contribution in [-0.2, 0) is 19.1 Å². The molecule has 1 aliphatic rings. The summed E-state index contributed by atoms with van der Waals surface area (Å²) in [5.74, 6) is -2.98. The lowest BCUT2D eigenvalue weighted by molar-refractivity contribution is -0.143. The van der Waals surface area contributed by atoms with Gasteiger partial charge >= 0.3 is 11.9 Å². The molecule has 7 nitrogen and oxygen atoms in total. The number of carboxylic acids is 1. The van der Waals surface area contributed by atoms with Crippen molar-refractivity contribution in [1.82, 2.24) is 0 Å². The number of rotatable bonds is 15. The first-order chi connectivity index (χ1) is 18.2. The molecule has 0 saturated carbocycles. The number of aliphatic carboxylic acids is 1. The van der Waals surface area contributed by atoms with Crippen molar-refractivity contribution in [2.45, 2.75) is 73.5 Å². The van der Waals surface area contributed by atoms with Crippen LogP contribution in [0.4, 0.5) is 0 Å². The number of esters is 1. The molecule has 7 atom stereocenters. The van der Waals surface area contributed by atoms with E-state index in [1.165, 1.54) is 6.08 Å². The molecular formula is C32H46O7. The molecule has 0 radical (unpaired) electrons. The molecule has 0 spiro atoms. The van der Waals surface area contributed by atoms with Crippen LogP contribution in [0.1, 0.15) is 61.3 Å². The predicted octanol–water partition coefficient (Wildman–Crippen LogP) is 5.37. The zero-order chi connectivity index (χ0) is 29.7. The Morgan fingerprint density at radius 1 is 1.08 bits per heavy atom. The van der Waals surface area contributed by atoms with E-state index in [1.54, 1.807) is 26.8 Å². The Kier molecular flexibility index (Phi) is 14.7. The second kappa shape index (κ2) is 16.8. The van der Waals surface area contributed by atoms with Gasteiger partial charge in [-0.15, -0.1) is 0 Å². The summed E-state index contributed by atoms with van der Waals surface area (Å²) >= 11 is 0. The lowest BCUT2D eigenvalue weighted by atomic mass is 9.82. The first-order valence-electron chi connectivity index (χ1n) is 13.6. The predicted molar refractivity (Wildman–Crippen MR) is 154 cm³/mol. The summed E-state index contributed by atoms with van der Waals surface area (Å²) in [5, 5.41) is 29.4. The van der Waals surface area contributed by atoms with E-state index in [-0.39, 0.29) is 42.2 Å². The van der Waals surface area contributed by atoms with Gasteiger partial charge in [-0.25, -0.2) is 9.59 Å². The van der Waals surface area contributed by atoms with Gasteiger partial charge in [-0.05, 0) is 51.5 Å². The minimum atomic E-state index is -1.04. The summed E-state index contributed by atoms with van der Waals surface area (Å²) in [7, 11) is 0. The fourth-order valence-corrected chi connectivity index (χ4v) is 4.62. The molecule has 216 valence electrons. The Morgan fingerprint density at radius 3 is 2.33 bits per heavy atom. The molecular weight excluding hydrogens is 496 g/mol. The Balaban J connectivity index is 2.71. The number of hydrogen-bond acceptors (Lipinski definition) is 6. The van der Waals surface area contributed by atoms with Crippen LogP contribution in [-0.4, -0.2) is 51.9 Å². The smallest absolute Gasteiger partial charge is 0.331 e. The quantitative estimate of drug-likeness (QED) is 0.145. The van der Waals surface area contributed by atoms with Crippen molar-refractivity contribution < 1.29 is 34.4 Å². The highest BCUT2D eigenvalue weighted by Crippen LogP contribution is 2.24. The number of hydrogen-bond donors (Lipinski definition) is 3. The fourth-order valence-electron chi connectivity index (χ4n) is 4.62. The maximum atomic E-state index is 13.0. The van der Waals surface area contributed by atoms with Crippen molar-refractivity contribution in [2.24, 2.45) is 29.6 Å². The fraction of sp³-hybridized carbons (Fsp3) is 0.531. The topological polar surface area (TPSA) is 121 Å². The van der Waals surface area contributed by atoms with E-state index in [0.717, 1.165) is 23.6 Å². The van der Waals surface area contributed by atoms with Gasteiger partial charge in [0.15, 0.2) is 0 Å². The number of carbonyl (C=O) groups excluding carboxylic acids is 2. The Labute approximate surface area is 233 Å². The summed E-state index contributed by atoms with van der Waals surface area (Å²) < 4.78 is 5.34. The summed E-state index contributed by atoms with van der Waals surface area (Å²) in [5.41, 5.74) is 2.53. The van der Waals surface area contributed by atoms with Crippen LogP contribution in [0.15, 0.2) is 71.4 Å². The van der Waals surface area contributed by atoms with E-state index in [4.69, 9.17) is 9.84 Å². The molecule has 39 heavy (non-hydrogen) atoms. The van der Waals surface area contributed by atoms with Crippen LogP contribution in [0, 0.1) is 29.6 Å². The number of allylic oxidation sites excluding steroid dienone is 7.